The summed E-state index contributed by atoms with van der Waals surface area (Å²) >= 11 is 0. The van der Waals surface area contributed by atoms with Crippen LogP contribution in [0.4, 0.5) is 5.69 Å². The molecule has 0 saturated heterocycles. The van der Waals surface area contributed by atoms with Gasteiger partial charge in [-0.3, -0.25) is 0 Å². The van der Waals surface area contributed by atoms with Gasteiger partial charge in [0, 0.05) is 11.6 Å². The highest BCUT2D eigenvalue weighted by Crippen LogP contribution is 2.51. The molecule has 0 bridgehead atoms. The fourth-order valence-corrected chi connectivity index (χ4v) is 4.56. The quantitative estimate of drug-likeness (QED) is 0.663. The van der Waals surface area contributed by atoms with E-state index < -0.39 is 5.97 Å². The summed E-state index contributed by atoms with van der Waals surface area (Å²) < 4.78 is 0. The van der Waals surface area contributed by atoms with E-state index in [1.54, 1.807) is 6.07 Å². The van der Waals surface area contributed by atoms with Gasteiger partial charge in [-0.05, 0) is 53.0 Å². The first-order valence-electron chi connectivity index (χ1n) is 9.68. The molecule has 140 valence electrons. The fourth-order valence-electron chi connectivity index (χ4n) is 4.56. The summed E-state index contributed by atoms with van der Waals surface area (Å²) in [5, 5.41) is 13.4. The lowest BCUT2D eigenvalue weighted by Gasteiger charge is -2.39. The number of benzene rings is 2. The van der Waals surface area contributed by atoms with Gasteiger partial charge in [-0.2, -0.15) is 0 Å². The number of anilines is 1. The Morgan fingerprint density at radius 1 is 1.11 bits per heavy atom. The Hall–Kier alpha value is -2.55. The molecule has 0 saturated carbocycles. The Morgan fingerprint density at radius 2 is 1.81 bits per heavy atom. The summed E-state index contributed by atoms with van der Waals surface area (Å²) in [4.78, 5) is 11.8. The zero-order valence-electron chi connectivity index (χ0n) is 16.4. The zero-order chi connectivity index (χ0) is 19.3. The van der Waals surface area contributed by atoms with Crippen molar-refractivity contribution in [2.45, 2.75) is 51.5 Å². The molecule has 2 aromatic carbocycles. The SMILES string of the molecule is Cc1ccc(C(=O)O)c2c1N[C@H](c1ccc(C(C)(C)C)cc1)[C@H]1CC=C[C@H]21. The van der Waals surface area contributed by atoms with Crippen LogP contribution in [0.15, 0.2) is 48.6 Å². The van der Waals surface area contributed by atoms with Crippen molar-refractivity contribution in [1.82, 2.24) is 0 Å². The molecule has 0 fully saturated rings. The van der Waals surface area contributed by atoms with Gasteiger partial charge in [0.15, 0.2) is 0 Å². The molecule has 0 unspecified atom stereocenters. The summed E-state index contributed by atoms with van der Waals surface area (Å²) in [6, 6.07) is 12.8. The maximum absolute atomic E-state index is 11.8. The minimum Gasteiger partial charge on any atom is -0.478 e. The van der Waals surface area contributed by atoms with Crippen molar-refractivity contribution in [3.8, 4) is 0 Å². The van der Waals surface area contributed by atoms with Crippen LogP contribution in [0.5, 0.6) is 0 Å². The molecule has 4 rings (SSSR count). The van der Waals surface area contributed by atoms with Crippen molar-refractivity contribution in [3.63, 3.8) is 0 Å². The first-order valence-corrected chi connectivity index (χ1v) is 9.68. The average Bonchev–Trinajstić information content (AvgIpc) is 3.10. The van der Waals surface area contributed by atoms with E-state index in [0.717, 1.165) is 23.2 Å². The third-order valence-corrected chi connectivity index (χ3v) is 6.09. The number of carboxylic acid groups (broad SMARTS) is 1. The lowest BCUT2D eigenvalue weighted by Crippen LogP contribution is -2.31. The second-order valence-electron chi connectivity index (χ2n) is 8.87. The molecule has 0 spiro atoms. The molecule has 0 radical (unpaired) electrons. The van der Waals surface area contributed by atoms with E-state index in [9.17, 15) is 9.90 Å². The van der Waals surface area contributed by atoms with E-state index in [-0.39, 0.29) is 17.4 Å². The fraction of sp³-hybridized carbons (Fsp3) is 0.375. The summed E-state index contributed by atoms with van der Waals surface area (Å²) in [6.07, 6.45) is 5.37. The predicted molar refractivity (Wildman–Crippen MR) is 110 cm³/mol. The number of nitrogens with one attached hydrogen (secondary N) is 1. The molecule has 27 heavy (non-hydrogen) atoms. The molecular weight excluding hydrogens is 334 g/mol. The lowest BCUT2D eigenvalue weighted by atomic mass is 9.74. The summed E-state index contributed by atoms with van der Waals surface area (Å²) in [5.41, 5.74) is 6.20. The van der Waals surface area contributed by atoms with Crippen molar-refractivity contribution < 1.29 is 9.90 Å². The van der Waals surface area contributed by atoms with E-state index in [2.05, 4.69) is 69.4 Å². The van der Waals surface area contributed by atoms with Crippen LogP contribution in [-0.2, 0) is 5.41 Å². The highest BCUT2D eigenvalue weighted by Gasteiger charge is 2.40. The first-order chi connectivity index (χ1) is 12.8. The van der Waals surface area contributed by atoms with E-state index >= 15 is 0 Å². The number of aryl methyl sites for hydroxylation is 1. The summed E-state index contributed by atoms with van der Waals surface area (Å²) in [7, 11) is 0. The maximum atomic E-state index is 11.8. The van der Waals surface area contributed by atoms with E-state index in [1.807, 2.05) is 6.07 Å². The Bertz CT molecular complexity index is 919. The number of hydrogen-bond acceptors (Lipinski definition) is 2. The third kappa shape index (κ3) is 2.95. The number of carbonyl (C=O) groups is 1. The molecule has 1 heterocycles. The number of carboxylic acids is 1. The zero-order valence-corrected chi connectivity index (χ0v) is 16.4. The van der Waals surface area contributed by atoms with Crippen LogP contribution in [0.1, 0.15) is 71.8 Å². The van der Waals surface area contributed by atoms with Crippen LogP contribution in [0, 0.1) is 12.8 Å². The highest BCUT2D eigenvalue weighted by atomic mass is 16.4. The van der Waals surface area contributed by atoms with Crippen LogP contribution in [-0.4, -0.2) is 11.1 Å². The molecule has 3 atom stereocenters. The van der Waals surface area contributed by atoms with Gasteiger partial charge in [-0.1, -0.05) is 63.3 Å². The Kier molecular flexibility index (Phi) is 4.14. The molecule has 0 amide bonds. The van der Waals surface area contributed by atoms with Crippen molar-refractivity contribution >= 4 is 11.7 Å². The van der Waals surface area contributed by atoms with Gasteiger partial charge in [0.2, 0.25) is 0 Å². The number of rotatable bonds is 2. The molecule has 1 aliphatic heterocycles. The predicted octanol–water partition coefficient (Wildman–Crippen LogP) is 5.82. The monoisotopic (exact) mass is 361 g/mol. The van der Waals surface area contributed by atoms with E-state index in [4.69, 9.17) is 0 Å². The Balaban J connectivity index is 1.79. The second kappa shape index (κ2) is 6.26. The first kappa shape index (κ1) is 17.8. The topological polar surface area (TPSA) is 49.3 Å². The molecule has 1 aliphatic carbocycles. The Morgan fingerprint density at radius 3 is 2.44 bits per heavy atom. The van der Waals surface area contributed by atoms with Crippen LogP contribution in [0.25, 0.3) is 0 Å². The van der Waals surface area contributed by atoms with Crippen molar-refractivity contribution in [2.24, 2.45) is 5.92 Å². The maximum Gasteiger partial charge on any atom is 0.336 e. The average molecular weight is 361 g/mol. The third-order valence-electron chi connectivity index (χ3n) is 6.09. The van der Waals surface area contributed by atoms with Crippen molar-refractivity contribution in [3.05, 3.63) is 76.4 Å². The lowest BCUT2D eigenvalue weighted by molar-refractivity contribution is 0.0695. The van der Waals surface area contributed by atoms with Crippen LogP contribution >= 0.6 is 0 Å². The summed E-state index contributed by atoms with van der Waals surface area (Å²) in [6.45, 7) is 8.73. The molecule has 2 aromatic rings. The smallest absolute Gasteiger partial charge is 0.336 e. The minimum absolute atomic E-state index is 0.134. The molecule has 0 aromatic heterocycles. The van der Waals surface area contributed by atoms with Gasteiger partial charge in [-0.25, -0.2) is 4.79 Å². The molecule has 3 heteroatoms. The van der Waals surface area contributed by atoms with Crippen molar-refractivity contribution in [1.29, 1.82) is 0 Å². The van der Waals surface area contributed by atoms with Gasteiger partial charge in [-0.15, -0.1) is 0 Å². The molecule has 2 N–H and O–H groups in total. The second-order valence-corrected chi connectivity index (χ2v) is 8.87. The van der Waals surface area contributed by atoms with Crippen molar-refractivity contribution in [2.75, 3.05) is 5.32 Å². The van der Waals surface area contributed by atoms with Crippen LogP contribution in [0.3, 0.4) is 0 Å². The number of allylic oxidation sites excluding steroid dienone is 2. The van der Waals surface area contributed by atoms with Gasteiger partial charge in [0.05, 0.1) is 11.6 Å². The Labute approximate surface area is 161 Å². The van der Waals surface area contributed by atoms with Gasteiger partial charge in [0.25, 0.3) is 0 Å². The molecule has 2 aliphatic rings. The van der Waals surface area contributed by atoms with Gasteiger partial charge < -0.3 is 10.4 Å². The van der Waals surface area contributed by atoms with Crippen LogP contribution < -0.4 is 5.32 Å². The number of aromatic carboxylic acids is 1. The van der Waals surface area contributed by atoms with E-state index in [0.29, 0.717) is 11.5 Å². The minimum atomic E-state index is -0.847. The highest BCUT2D eigenvalue weighted by molar-refractivity contribution is 5.93. The van der Waals surface area contributed by atoms with Gasteiger partial charge in [0.1, 0.15) is 0 Å². The number of hydrogen-bond donors (Lipinski definition) is 2. The number of fused-ring (bicyclic) bond motifs is 3. The molecular formula is C24H27NO2. The van der Waals surface area contributed by atoms with Crippen LogP contribution in [0.2, 0.25) is 0 Å². The summed E-state index contributed by atoms with van der Waals surface area (Å²) in [5.74, 6) is -0.350. The van der Waals surface area contributed by atoms with E-state index in [1.165, 1.54) is 11.1 Å². The molecule has 3 nitrogen and oxygen atoms in total. The van der Waals surface area contributed by atoms with Gasteiger partial charge >= 0.3 is 5.97 Å². The largest absolute Gasteiger partial charge is 0.478 e. The normalized spacial score (nSPS) is 23.5. The standard InChI is InChI=1S/C24H27NO2/c1-14-8-13-19(23(26)27)20-17-6-5-7-18(17)22(25-21(14)20)15-9-11-16(12-10-15)24(2,3)4/h5-6,8-13,17-18,22,25H,7H2,1-4H3,(H,26,27)/t17-,18-,22+/m0/s1.